The third-order valence-corrected chi connectivity index (χ3v) is 2.13. The standard InChI is InChI=1S/C12H14O2/c1-2-3-4-12(14)11-7-5-10(9-13)6-8-11/h5-9H,2-4H2,1H3. The van der Waals surface area contributed by atoms with Crippen molar-refractivity contribution in [1.29, 1.82) is 0 Å². The molecular weight excluding hydrogens is 176 g/mol. The first-order valence-corrected chi connectivity index (χ1v) is 4.86. The van der Waals surface area contributed by atoms with Gasteiger partial charge in [0, 0.05) is 17.5 Å². The van der Waals surface area contributed by atoms with E-state index in [1.54, 1.807) is 24.3 Å². The number of rotatable bonds is 5. The number of aldehydes is 1. The van der Waals surface area contributed by atoms with Crippen molar-refractivity contribution in [2.24, 2.45) is 0 Å². The zero-order chi connectivity index (χ0) is 10.4. The van der Waals surface area contributed by atoms with Crippen molar-refractivity contribution >= 4 is 12.1 Å². The monoisotopic (exact) mass is 190 g/mol. The summed E-state index contributed by atoms with van der Waals surface area (Å²) in [6.07, 6.45) is 3.32. The first kappa shape index (κ1) is 10.6. The Morgan fingerprint density at radius 2 is 1.93 bits per heavy atom. The normalized spacial score (nSPS) is 9.79. The fourth-order valence-corrected chi connectivity index (χ4v) is 1.23. The minimum absolute atomic E-state index is 0.157. The molecule has 74 valence electrons. The second kappa shape index (κ2) is 5.32. The number of Topliss-reactive ketones (excluding diaryl/α,β-unsaturated/α-hetero) is 1. The van der Waals surface area contributed by atoms with E-state index >= 15 is 0 Å². The average Bonchev–Trinajstić information content (AvgIpc) is 2.26. The lowest BCUT2D eigenvalue weighted by Crippen LogP contribution is -1.98. The Morgan fingerprint density at radius 1 is 1.29 bits per heavy atom. The SMILES string of the molecule is CCCCC(=O)c1ccc(C=O)cc1. The summed E-state index contributed by atoms with van der Waals surface area (Å²) in [6, 6.07) is 6.77. The van der Waals surface area contributed by atoms with Gasteiger partial charge in [0.25, 0.3) is 0 Å². The van der Waals surface area contributed by atoms with Crippen LogP contribution in [0.2, 0.25) is 0 Å². The lowest BCUT2D eigenvalue weighted by atomic mass is 10.0. The van der Waals surface area contributed by atoms with Gasteiger partial charge in [-0.1, -0.05) is 37.6 Å². The van der Waals surface area contributed by atoms with Crippen LogP contribution in [-0.4, -0.2) is 12.1 Å². The third-order valence-electron chi connectivity index (χ3n) is 2.13. The van der Waals surface area contributed by atoms with Gasteiger partial charge in [-0.3, -0.25) is 9.59 Å². The first-order chi connectivity index (χ1) is 6.77. The van der Waals surface area contributed by atoms with Crippen LogP contribution in [0.15, 0.2) is 24.3 Å². The van der Waals surface area contributed by atoms with Gasteiger partial charge in [0.1, 0.15) is 6.29 Å². The number of benzene rings is 1. The maximum Gasteiger partial charge on any atom is 0.162 e. The molecule has 0 saturated heterocycles. The highest BCUT2D eigenvalue weighted by Gasteiger charge is 2.03. The van der Waals surface area contributed by atoms with Crippen LogP contribution in [0.4, 0.5) is 0 Å². The maximum atomic E-state index is 11.5. The number of hydrogen-bond acceptors (Lipinski definition) is 2. The number of unbranched alkanes of at least 4 members (excludes halogenated alkanes) is 1. The summed E-state index contributed by atoms with van der Waals surface area (Å²) in [7, 11) is 0. The predicted octanol–water partition coefficient (Wildman–Crippen LogP) is 2.87. The summed E-state index contributed by atoms with van der Waals surface area (Å²) < 4.78 is 0. The van der Waals surface area contributed by atoms with Crippen molar-refractivity contribution in [1.82, 2.24) is 0 Å². The van der Waals surface area contributed by atoms with E-state index in [2.05, 4.69) is 6.92 Å². The van der Waals surface area contributed by atoms with E-state index in [0.29, 0.717) is 17.5 Å². The highest BCUT2D eigenvalue weighted by molar-refractivity contribution is 5.96. The van der Waals surface area contributed by atoms with E-state index in [1.807, 2.05) is 0 Å². The second-order valence-corrected chi connectivity index (χ2v) is 3.27. The van der Waals surface area contributed by atoms with Gasteiger partial charge < -0.3 is 0 Å². The molecule has 0 aliphatic carbocycles. The fourth-order valence-electron chi connectivity index (χ4n) is 1.23. The van der Waals surface area contributed by atoms with Crippen LogP contribution in [-0.2, 0) is 0 Å². The topological polar surface area (TPSA) is 34.1 Å². The van der Waals surface area contributed by atoms with E-state index in [-0.39, 0.29) is 5.78 Å². The van der Waals surface area contributed by atoms with Crippen molar-refractivity contribution in [3.05, 3.63) is 35.4 Å². The largest absolute Gasteiger partial charge is 0.298 e. The molecule has 0 saturated carbocycles. The molecule has 2 heteroatoms. The average molecular weight is 190 g/mol. The number of carbonyl (C=O) groups is 2. The molecule has 2 nitrogen and oxygen atoms in total. The molecule has 1 aromatic rings. The van der Waals surface area contributed by atoms with Gasteiger partial charge >= 0.3 is 0 Å². The maximum absolute atomic E-state index is 11.5. The molecule has 0 aliphatic rings. The lowest BCUT2D eigenvalue weighted by Gasteiger charge is -1.99. The van der Waals surface area contributed by atoms with Gasteiger partial charge in [-0.2, -0.15) is 0 Å². The number of hydrogen-bond donors (Lipinski definition) is 0. The van der Waals surface area contributed by atoms with Crippen LogP contribution in [0.5, 0.6) is 0 Å². The van der Waals surface area contributed by atoms with Crippen molar-refractivity contribution in [2.45, 2.75) is 26.2 Å². The summed E-state index contributed by atoms with van der Waals surface area (Å²) in [6.45, 7) is 2.06. The molecule has 1 rings (SSSR count). The van der Waals surface area contributed by atoms with Gasteiger partial charge in [0.05, 0.1) is 0 Å². The van der Waals surface area contributed by atoms with Gasteiger partial charge in [-0.25, -0.2) is 0 Å². The van der Waals surface area contributed by atoms with Crippen LogP contribution in [0, 0.1) is 0 Å². The van der Waals surface area contributed by atoms with Crippen molar-refractivity contribution in [3.63, 3.8) is 0 Å². The third kappa shape index (κ3) is 2.80. The summed E-state index contributed by atoms with van der Waals surface area (Å²) in [5.74, 6) is 0.157. The summed E-state index contributed by atoms with van der Waals surface area (Å²) in [5, 5.41) is 0. The zero-order valence-corrected chi connectivity index (χ0v) is 8.32. The molecule has 0 radical (unpaired) electrons. The van der Waals surface area contributed by atoms with Crippen LogP contribution in [0.1, 0.15) is 46.9 Å². The lowest BCUT2D eigenvalue weighted by molar-refractivity contribution is 0.0979. The Bertz CT molecular complexity index is 312. The second-order valence-electron chi connectivity index (χ2n) is 3.27. The predicted molar refractivity (Wildman–Crippen MR) is 55.7 cm³/mol. The summed E-state index contributed by atoms with van der Waals surface area (Å²) >= 11 is 0. The summed E-state index contributed by atoms with van der Waals surface area (Å²) in [5.41, 5.74) is 1.31. The minimum Gasteiger partial charge on any atom is -0.298 e. The molecule has 1 aromatic carbocycles. The summed E-state index contributed by atoms with van der Waals surface area (Å²) in [4.78, 5) is 21.9. The molecule has 0 unspecified atom stereocenters. The molecule has 0 heterocycles. The van der Waals surface area contributed by atoms with E-state index in [9.17, 15) is 9.59 Å². The van der Waals surface area contributed by atoms with E-state index in [1.165, 1.54) is 0 Å². The van der Waals surface area contributed by atoms with Crippen molar-refractivity contribution in [3.8, 4) is 0 Å². The molecule has 0 aromatic heterocycles. The first-order valence-electron chi connectivity index (χ1n) is 4.86. The van der Waals surface area contributed by atoms with E-state index in [4.69, 9.17) is 0 Å². The van der Waals surface area contributed by atoms with Crippen LogP contribution in [0.25, 0.3) is 0 Å². The number of carbonyl (C=O) groups excluding carboxylic acids is 2. The Hall–Kier alpha value is -1.44. The zero-order valence-electron chi connectivity index (χ0n) is 8.32. The van der Waals surface area contributed by atoms with Crippen molar-refractivity contribution in [2.75, 3.05) is 0 Å². The fraction of sp³-hybridized carbons (Fsp3) is 0.333. The Morgan fingerprint density at radius 3 is 2.43 bits per heavy atom. The molecule has 0 N–H and O–H groups in total. The van der Waals surface area contributed by atoms with E-state index in [0.717, 1.165) is 19.1 Å². The van der Waals surface area contributed by atoms with E-state index < -0.39 is 0 Å². The quantitative estimate of drug-likeness (QED) is 0.528. The molecule has 0 bridgehead atoms. The molecule has 0 fully saturated rings. The molecule has 14 heavy (non-hydrogen) atoms. The van der Waals surface area contributed by atoms with Gasteiger partial charge in [-0.05, 0) is 6.42 Å². The van der Waals surface area contributed by atoms with Crippen molar-refractivity contribution < 1.29 is 9.59 Å². The van der Waals surface area contributed by atoms with Gasteiger partial charge in [0.2, 0.25) is 0 Å². The molecule has 0 atom stereocenters. The Labute approximate surface area is 83.9 Å². The van der Waals surface area contributed by atoms with Crippen LogP contribution < -0.4 is 0 Å². The molecule has 0 amide bonds. The molecule has 0 spiro atoms. The Balaban J connectivity index is 2.66. The Kier molecular flexibility index (Phi) is 4.05. The highest BCUT2D eigenvalue weighted by Crippen LogP contribution is 2.07. The molecule has 0 aliphatic heterocycles. The van der Waals surface area contributed by atoms with Crippen LogP contribution >= 0.6 is 0 Å². The smallest absolute Gasteiger partial charge is 0.162 e. The van der Waals surface area contributed by atoms with Crippen LogP contribution in [0.3, 0.4) is 0 Å². The number of ketones is 1. The molecular formula is C12H14O2. The van der Waals surface area contributed by atoms with Gasteiger partial charge in [-0.15, -0.1) is 0 Å². The highest BCUT2D eigenvalue weighted by atomic mass is 16.1. The van der Waals surface area contributed by atoms with Gasteiger partial charge in [0.15, 0.2) is 5.78 Å². The minimum atomic E-state index is 0.157.